The molecule has 2 nitrogen and oxygen atoms in total. The van der Waals surface area contributed by atoms with Crippen LogP contribution in [0.15, 0.2) is 24.3 Å². The molecule has 1 fully saturated rings. The van der Waals surface area contributed by atoms with Crippen LogP contribution in [-0.2, 0) is 0 Å². The van der Waals surface area contributed by atoms with Crippen molar-refractivity contribution in [1.82, 2.24) is 10.2 Å². The van der Waals surface area contributed by atoms with Gasteiger partial charge in [-0.1, -0.05) is 31.9 Å². The van der Waals surface area contributed by atoms with Crippen LogP contribution in [0.2, 0.25) is 0 Å². The summed E-state index contributed by atoms with van der Waals surface area (Å²) in [4.78, 5) is 2.59. The molecule has 112 valence electrons. The standard InChI is InChI=1S/C17H27FN2/c1-3-20(16-9-4-5-10-16)12-11-17(19-2)14-7-6-8-15(18)13-14/h6-8,13,16-17,19H,3-5,9-12H2,1-2H3. The lowest BCUT2D eigenvalue weighted by Gasteiger charge is -2.29. The van der Waals surface area contributed by atoms with E-state index in [-0.39, 0.29) is 11.9 Å². The molecule has 1 aromatic carbocycles. The Kier molecular flexibility index (Phi) is 5.99. The topological polar surface area (TPSA) is 15.3 Å². The lowest BCUT2D eigenvalue weighted by atomic mass is 10.0. The van der Waals surface area contributed by atoms with Crippen LogP contribution < -0.4 is 5.32 Å². The molecule has 1 N–H and O–H groups in total. The van der Waals surface area contributed by atoms with Crippen LogP contribution in [0.1, 0.15) is 50.6 Å². The van der Waals surface area contributed by atoms with Crippen molar-refractivity contribution in [3.8, 4) is 0 Å². The Bertz CT molecular complexity index is 402. The van der Waals surface area contributed by atoms with E-state index in [1.807, 2.05) is 13.1 Å². The number of halogens is 1. The summed E-state index contributed by atoms with van der Waals surface area (Å²) in [5.74, 6) is -0.147. The summed E-state index contributed by atoms with van der Waals surface area (Å²) in [7, 11) is 1.96. The minimum atomic E-state index is -0.147. The first-order valence-corrected chi connectivity index (χ1v) is 7.91. The van der Waals surface area contributed by atoms with Gasteiger partial charge in [0.2, 0.25) is 0 Å². The van der Waals surface area contributed by atoms with Gasteiger partial charge in [0.25, 0.3) is 0 Å². The summed E-state index contributed by atoms with van der Waals surface area (Å²) >= 11 is 0. The van der Waals surface area contributed by atoms with Crippen LogP contribution in [-0.4, -0.2) is 31.1 Å². The van der Waals surface area contributed by atoms with Gasteiger partial charge in [0.15, 0.2) is 0 Å². The van der Waals surface area contributed by atoms with E-state index in [9.17, 15) is 4.39 Å². The molecule has 0 bridgehead atoms. The summed E-state index contributed by atoms with van der Waals surface area (Å²) in [5.41, 5.74) is 1.05. The monoisotopic (exact) mass is 278 g/mol. The highest BCUT2D eigenvalue weighted by Gasteiger charge is 2.22. The Morgan fingerprint density at radius 2 is 2.10 bits per heavy atom. The van der Waals surface area contributed by atoms with Crippen LogP contribution in [0.5, 0.6) is 0 Å². The minimum Gasteiger partial charge on any atom is -0.313 e. The lowest BCUT2D eigenvalue weighted by Crippen LogP contribution is -2.35. The fraction of sp³-hybridized carbons (Fsp3) is 0.647. The zero-order valence-electron chi connectivity index (χ0n) is 12.7. The van der Waals surface area contributed by atoms with E-state index in [0.29, 0.717) is 0 Å². The van der Waals surface area contributed by atoms with E-state index in [1.165, 1.54) is 31.7 Å². The Labute approximate surface area is 122 Å². The zero-order valence-corrected chi connectivity index (χ0v) is 12.7. The molecule has 0 aromatic heterocycles. The third-order valence-electron chi connectivity index (χ3n) is 4.55. The van der Waals surface area contributed by atoms with E-state index in [4.69, 9.17) is 0 Å². The first-order chi connectivity index (χ1) is 9.74. The van der Waals surface area contributed by atoms with Crippen molar-refractivity contribution in [1.29, 1.82) is 0 Å². The van der Waals surface area contributed by atoms with E-state index in [0.717, 1.165) is 31.1 Å². The molecule has 0 saturated heterocycles. The van der Waals surface area contributed by atoms with Crippen molar-refractivity contribution in [2.75, 3.05) is 20.1 Å². The number of nitrogens with zero attached hydrogens (tertiary/aromatic N) is 1. The molecule has 2 rings (SSSR count). The highest BCUT2D eigenvalue weighted by Crippen LogP contribution is 2.25. The normalized spacial score (nSPS) is 17.8. The molecule has 0 heterocycles. The first kappa shape index (κ1) is 15.5. The van der Waals surface area contributed by atoms with Gasteiger partial charge in [0, 0.05) is 18.6 Å². The lowest BCUT2D eigenvalue weighted by molar-refractivity contribution is 0.199. The molecule has 0 spiro atoms. The molecule has 1 aromatic rings. The summed E-state index contributed by atoms with van der Waals surface area (Å²) in [5, 5.41) is 3.32. The highest BCUT2D eigenvalue weighted by atomic mass is 19.1. The second kappa shape index (κ2) is 7.75. The highest BCUT2D eigenvalue weighted by molar-refractivity contribution is 5.20. The largest absolute Gasteiger partial charge is 0.313 e. The van der Waals surface area contributed by atoms with Crippen molar-refractivity contribution in [3.63, 3.8) is 0 Å². The number of benzene rings is 1. The summed E-state index contributed by atoms with van der Waals surface area (Å²) in [6.45, 7) is 4.45. The van der Waals surface area contributed by atoms with Gasteiger partial charge in [0.1, 0.15) is 5.82 Å². The Balaban J connectivity index is 1.92. The van der Waals surface area contributed by atoms with Crippen molar-refractivity contribution in [2.45, 2.75) is 51.1 Å². The number of nitrogens with one attached hydrogen (secondary N) is 1. The van der Waals surface area contributed by atoms with Crippen molar-refractivity contribution in [3.05, 3.63) is 35.6 Å². The minimum absolute atomic E-state index is 0.147. The Morgan fingerprint density at radius 1 is 1.35 bits per heavy atom. The molecule has 1 saturated carbocycles. The predicted octanol–water partition coefficient (Wildman–Crippen LogP) is 3.74. The summed E-state index contributed by atoms with van der Waals surface area (Å²) in [6, 6.07) is 7.96. The Morgan fingerprint density at radius 3 is 2.70 bits per heavy atom. The van der Waals surface area contributed by atoms with Gasteiger partial charge in [0.05, 0.1) is 0 Å². The predicted molar refractivity (Wildman–Crippen MR) is 82.3 cm³/mol. The number of hydrogen-bond donors (Lipinski definition) is 1. The molecule has 0 amide bonds. The molecular formula is C17H27FN2. The third kappa shape index (κ3) is 4.03. The molecule has 1 aliphatic rings. The molecule has 1 aliphatic carbocycles. The van der Waals surface area contributed by atoms with Crippen LogP contribution in [0.25, 0.3) is 0 Å². The average Bonchev–Trinajstić information content (AvgIpc) is 2.98. The molecule has 20 heavy (non-hydrogen) atoms. The second-order valence-corrected chi connectivity index (χ2v) is 5.75. The van der Waals surface area contributed by atoms with Crippen LogP contribution in [0.4, 0.5) is 4.39 Å². The van der Waals surface area contributed by atoms with E-state index < -0.39 is 0 Å². The number of rotatable bonds is 7. The first-order valence-electron chi connectivity index (χ1n) is 7.91. The van der Waals surface area contributed by atoms with Gasteiger partial charge in [-0.25, -0.2) is 4.39 Å². The maximum Gasteiger partial charge on any atom is 0.123 e. The van der Waals surface area contributed by atoms with Crippen molar-refractivity contribution in [2.24, 2.45) is 0 Å². The SMILES string of the molecule is CCN(CCC(NC)c1cccc(F)c1)C1CCCC1. The van der Waals surface area contributed by atoms with E-state index >= 15 is 0 Å². The summed E-state index contributed by atoms with van der Waals surface area (Å²) in [6.07, 6.45) is 6.47. The van der Waals surface area contributed by atoms with Gasteiger partial charge in [-0.2, -0.15) is 0 Å². The molecule has 0 aliphatic heterocycles. The van der Waals surface area contributed by atoms with Gasteiger partial charge in [-0.3, -0.25) is 0 Å². The van der Waals surface area contributed by atoms with Gasteiger partial charge < -0.3 is 10.2 Å². The van der Waals surface area contributed by atoms with Crippen molar-refractivity contribution >= 4 is 0 Å². The zero-order chi connectivity index (χ0) is 14.4. The fourth-order valence-electron chi connectivity index (χ4n) is 3.36. The molecule has 3 heteroatoms. The smallest absolute Gasteiger partial charge is 0.123 e. The third-order valence-corrected chi connectivity index (χ3v) is 4.55. The Hall–Kier alpha value is -0.930. The van der Waals surface area contributed by atoms with Gasteiger partial charge in [-0.15, -0.1) is 0 Å². The summed E-state index contributed by atoms with van der Waals surface area (Å²) < 4.78 is 13.3. The maximum atomic E-state index is 13.3. The van der Waals surface area contributed by atoms with Crippen LogP contribution >= 0.6 is 0 Å². The van der Waals surface area contributed by atoms with Crippen molar-refractivity contribution < 1.29 is 4.39 Å². The van der Waals surface area contributed by atoms with E-state index in [1.54, 1.807) is 12.1 Å². The van der Waals surface area contributed by atoms with Crippen LogP contribution in [0, 0.1) is 5.82 Å². The molecule has 1 atom stereocenters. The average molecular weight is 278 g/mol. The van der Waals surface area contributed by atoms with Gasteiger partial charge in [-0.05, 0) is 50.6 Å². The van der Waals surface area contributed by atoms with E-state index in [2.05, 4.69) is 17.1 Å². The number of hydrogen-bond acceptors (Lipinski definition) is 2. The molecule has 1 unspecified atom stereocenters. The van der Waals surface area contributed by atoms with Crippen LogP contribution in [0.3, 0.4) is 0 Å². The molecule has 0 radical (unpaired) electrons. The van der Waals surface area contributed by atoms with Gasteiger partial charge >= 0.3 is 0 Å². The quantitative estimate of drug-likeness (QED) is 0.817. The molecular weight excluding hydrogens is 251 g/mol. The second-order valence-electron chi connectivity index (χ2n) is 5.75. The maximum absolute atomic E-state index is 13.3. The fourth-order valence-corrected chi connectivity index (χ4v) is 3.36.